The van der Waals surface area contributed by atoms with Crippen LogP contribution in [0.3, 0.4) is 0 Å². The van der Waals surface area contributed by atoms with E-state index < -0.39 is 11.6 Å². The molecular weight excluding hydrogens is 472 g/mol. The number of unbranched alkanes of at least 4 members (excludes halogenated alkanes) is 6. The molecule has 0 fully saturated rings. The third-order valence-corrected chi connectivity index (χ3v) is 6.15. The van der Waals surface area contributed by atoms with E-state index in [0.29, 0.717) is 36.0 Å². The number of benzene rings is 2. The number of methoxy groups -OCH3 is 2. The lowest BCUT2D eigenvalue weighted by atomic mass is 10.1. The summed E-state index contributed by atoms with van der Waals surface area (Å²) in [5.41, 5.74) is 0.153. The predicted octanol–water partition coefficient (Wildman–Crippen LogP) is 6.73. The van der Waals surface area contributed by atoms with Gasteiger partial charge in [-0.2, -0.15) is 0 Å². The van der Waals surface area contributed by atoms with Crippen LogP contribution in [0.4, 0.5) is 10.5 Å². The molecule has 2 aromatic rings. The van der Waals surface area contributed by atoms with Gasteiger partial charge in [0.15, 0.2) is 5.60 Å². The summed E-state index contributed by atoms with van der Waals surface area (Å²) in [6.45, 7) is 6.24. The Kier molecular flexibility index (Phi) is 12.1. The Morgan fingerprint density at radius 2 is 1.51 bits per heavy atom. The van der Waals surface area contributed by atoms with Crippen LogP contribution in [-0.2, 0) is 11.3 Å². The van der Waals surface area contributed by atoms with E-state index in [1.807, 2.05) is 12.1 Å². The number of carbonyl (C=O) groups excluding carboxylic acids is 1. The molecule has 0 aromatic heterocycles. The van der Waals surface area contributed by atoms with E-state index >= 15 is 0 Å². The minimum Gasteiger partial charge on any atom is -0.497 e. The van der Waals surface area contributed by atoms with E-state index in [9.17, 15) is 14.7 Å². The normalized spacial score (nSPS) is 11.1. The molecule has 37 heavy (non-hydrogen) atoms. The smallest absolute Gasteiger partial charge is 0.347 e. The minimum absolute atomic E-state index is 0.221. The summed E-state index contributed by atoms with van der Waals surface area (Å²) < 4.78 is 16.3. The fourth-order valence-corrected chi connectivity index (χ4v) is 3.83. The zero-order valence-corrected chi connectivity index (χ0v) is 22.8. The Bertz CT molecular complexity index is 990. The molecule has 0 saturated heterocycles. The first-order valence-electron chi connectivity index (χ1n) is 13.0. The number of nitrogens with zero attached hydrogens (tertiary/aromatic N) is 1. The van der Waals surface area contributed by atoms with E-state index in [0.717, 1.165) is 24.8 Å². The van der Waals surface area contributed by atoms with Crippen molar-refractivity contribution in [3.63, 3.8) is 0 Å². The lowest BCUT2D eigenvalue weighted by Crippen LogP contribution is -2.37. The second kappa shape index (κ2) is 15.0. The highest BCUT2D eigenvalue weighted by Gasteiger charge is 2.29. The summed E-state index contributed by atoms with van der Waals surface area (Å²) in [5, 5.41) is 12.3. The van der Waals surface area contributed by atoms with E-state index in [4.69, 9.17) is 14.2 Å². The number of aliphatic carboxylic acids is 1. The molecule has 2 N–H and O–H groups in total. The summed E-state index contributed by atoms with van der Waals surface area (Å²) in [7, 11) is 3.13. The highest BCUT2D eigenvalue weighted by Crippen LogP contribution is 2.29. The lowest BCUT2D eigenvalue weighted by molar-refractivity contribution is -0.152. The molecule has 0 unspecified atom stereocenters. The number of carboxylic acid groups (broad SMARTS) is 1. The van der Waals surface area contributed by atoms with Crippen LogP contribution >= 0.6 is 0 Å². The van der Waals surface area contributed by atoms with Gasteiger partial charge < -0.3 is 29.5 Å². The molecule has 204 valence electrons. The number of hydrogen-bond donors (Lipinski definition) is 2. The molecule has 0 atom stereocenters. The van der Waals surface area contributed by atoms with Gasteiger partial charge in [-0.1, -0.05) is 57.6 Å². The van der Waals surface area contributed by atoms with Crippen molar-refractivity contribution in [2.24, 2.45) is 0 Å². The fraction of sp³-hybridized carbons (Fsp3) is 0.517. The van der Waals surface area contributed by atoms with Gasteiger partial charge in [-0.25, -0.2) is 9.59 Å². The third-order valence-electron chi connectivity index (χ3n) is 6.15. The van der Waals surface area contributed by atoms with Crippen LogP contribution in [0, 0.1) is 0 Å². The molecular formula is C29H42N2O6. The van der Waals surface area contributed by atoms with Crippen LogP contribution in [0.2, 0.25) is 0 Å². The van der Waals surface area contributed by atoms with Crippen LogP contribution in [-0.4, -0.2) is 48.4 Å². The number of amides is 2. The van der Waals surface area contributed by atoms with Gasteiger partial charge in [0.25, 0.3) is 0 Å². The quantitative estimate of drug-likeness (QED) is 0.241. The average Bonchev–Trinajstić information content (AvgIpc) is 2.88. The second-order valence-electron chi connectivity index (χ2n) is 9.60. The van der Waals surface area contributed by atoms with Gasteiger partial charge in [0.1, 0.15) is 17.2 Å². The van der Waals surface area contributed by atoms with Crippen LogP contribution in [0.1, 0.15) is 71.3 Å². The van der Waals surface area contributed by atoms with Crippen molar-refractivity contribution in [2.45, 2.75) is 77.9 Å². The first kappa shape index (κ1) is 29.8. The van der Waals surface area contributed by atoms with Crippen molar-refractivity contribution >= 4 is 17.7 Å². The first-order chi connectivity index (χ1) is 17.7. The van der Waals surface area contributed by atoms with E-state index in [1.54, 1.807) is 49.5 Å². The zero-order valence-electron chi connectivity index (χ0n) is 22.8. The van der Waals surface area contributed by atoms with E-state index in [2.05, 4.69) is 12.2 Å². The van der Waals surface area contributed by atoms with Crippen LogP contribution in [0.15, 0.2) is 42.5 Å². The molecule has 8 nitrogen and oxygen atoms in total. The molecule has 2 aromatic carbocycles. The van der Waals surface area contributed by atoms with Gasteiger partial charge in [0, 0.05) is 19.2 Å². The minimum atomic E-state index is -1.33. The van der Waals surface area contributed by atoms with Crippen molar-refractivity contribution < 1.29 is 28.9 Å². The lowest BCUT2D eigenvalue weighted by Gasteiger charge is -2.25. The predicted molar refractivity (Wildman–Crippen MR) is 146 cm³/mol. The molecule has 0 spiro atoms. The molecule has 0 bridgehead atoms. The molecule has 8 heteroatoms. The van der Waals surface area contributed by atoms with Gasteiger partial charge in [-0.05, 0) is 50.1 Å². The fourth-order valence-electron chi connectivity index (χ4n) is 3.83. The highest BCUT2D eigenvalue weighted by atomic mass is 16.5. The number of ether oxygens (including phenoxy) is 3. The largest absolute Gasteiger partial charge is 0.497 e. The second-order valence-corrected chi connectivity index (χ2v) is 9.60. The van der Waals surface area contributed by atoms with Crippen molar-refractivity contribution in [1.29, 1.82) is 0 Å². The van der Waals surface area contributed by atoms with Crippen molar-refractivity contribution in [1.82, 2.24) is 4.90 Å². The number of anilines is 1. The maximum absolute atomic E-state index is 13.3. The van der Waals surface area contributed by atoms with Crippen molar-refractivity contribution in [2.75, 3.05) is 26.1 Å². The Balaban J connectivity index is 2.09. The number of urea groups is 1. The number of carboxylic acids is 1. The monoisotopic (exact) mass is 514 g/mol. The summed E-state index contributed by atoms with van der Waals surface area (Å²) in [6.07, 6.45) is 8.10. The number of carbonyl (C=O) groups is 2. The molecule has 0 aliphatic heterocycles. The third kappa shape index (κ3) is 9.86. The van der Waals surface area contributed by atoms with Crippen molar-refractivity contribution in [3.05, 3.63) is 48.0 Å². The molecule has 0 radical (unpaired) electrons. The van der Waals surface area contributed by atoms with Crippen LogP contribution < -0.4 is 19.5 Å². The van der Waals surface area contributed by atoms with E-state index in [-0.39, 0.29) is 6.03 Å². The Morgan fingerprint density at radius 1 is 0.892 bits per heavy atom. The maximum Gasteiger partial charge on any atom is 0.347 e. The molecule has 2 rings (SSSR count). The first-order valence-corrected chi connectivity index (χ1v) is 13.0. The van der Waals surface area contributed by atoms with Crippen LogP contribution in [0.25, 0.3) is 0 Å². The van der Waals surface area contributed by atoms with Gasteiger partial charge in [0.2, 0.25) is 0 Å². The Labute approximate surface area is 220 Å². The molecule has 0 aliphatic rings. The maximum atomic E-state index is 13.3. The summed E-state index contributed by atoms with van der Waals surface area (Å²) in [6, 6.07) is 12.2. The zero-order chi connectivity index (χ0) is 27.3. The summed E-state index contributed by atoms with van der Waals surface area (Å²) >= 11 is 0. The van der Waals surface area contributed by atoms with Gasteiger partial charge in [0.05, 0.1) is 19.9 Å². The van der Waals surface area contributed by atoms with E-state index in [1.165, 1.54) is 39.5 Å². The van der Waals surface area contributed by atoms with Gasteiger partial charge in [-0.3, -0.25) is 0 Å². The van der Waals surface area contributed by atoms with Crippen LogP contribution in [0.5, 0.6) is 17.2 Å². The number of rotatable bonds is 16. The average molecular weight is 515 g/mol. The molecule has 2 amide bonds. The summed E-state index contributed by atoms with van der Waals surface area (Å²) in [4.78, 5) is 26.4. The molecule has 0 saturated carbocycles. The highest BCUT2D eigenvalue weighted by molar-refractivity contribution is 5.91. The van der Waals surface area contributed by atoms with Crippen molar-refractivity contribution in [3.8, 4) is 17.2 Å². The number of nitrogens with one attached hydrogen (secondary N) is 1. The molecule has 0 aliphatic carbocycles. The van der Waals surface area contributed by atoms with Gasteiger partial charge >= 0.3 is 12.0 Å². The summed E-state index contributed by atoms with van der Waals surface area (Å²) in [5.74, 6) is 0.583. The Morgan fingerprint density at radius 3 is 2.11 bits per heavy atom. The topological polar surface area (TPSA) is 97.3 Å². The van der Waals surface area contributed by atoms with Gasteiger partial charge in [-0.15, -0.1) is 0 Å². The SMILES string of the molecule is CCCCCCCCCN(Cc1ccc(OC(C)(C)C(=O)O)cc1)C(=O)Nc1ccc(OC)cc1OC. The standard InChI is InChI=1S/C29H42N2O6/c1-6-7-8-9-10-11-12-19-31(28(34)30-25-18-17-24(35-4)20-26(25)36-5)21-22-13-15-23(16-14-22)37-29(2,3)27(32)33/h13-18,20H,6-12,19,21H2,1-5H3,(H,30,34)(H,32,33). The number of hydrogen-bond acceptors (Lipinski definition) is 5. The molecule has 0 heterocycles. The Hall–Kier alpha value is -3.42.